The predicted octanol–water partition coefficient (Wildman–Crippen LogP) is 5.70. The van der Waals surface area contributed by atoms with Crippen LogP contribution in [-0.4, -0.2) is 36.1 Å². The highest BCUT2D eigenvalue weighted by molar-refractivity contribution is 5.85. The first-order chi connectivity index (χ1) is 15.3. The number of fused-ring (bicyclic) bond motifs is 1. The van der Waals surface area contributed by atoms with Gasteiger partial charge in [-0.2, -0.15) is 13.2 Å². The SMILES string of the molecule is Cc1ccc2c(OCCN3CCC(=Cc4cc(N)cc(C(F)(F)F)c4)CC3)cccc2n1. The van der Waals surface area contributed by atoms with Crippen LogP contribution in [0.3, 0.4) is 0 Å². The third-order valence-electron chi connectivity index (χ3n) is 5.67. The molecule has 1 aromatic heterocycles. The van der Waals surface area contributed by atoms with E-state index in [0.29, 0.717) is 12.2 Å². The van der Waals surface area contributed by atoms with Crippen LogP contribution in [0.5, 0.6) is 5.75 Å². The molecule has 0 amide bonds. The van der Waals surface area contributed by atoms with E-state index >= 15 is 0 Å². The number of anilines is 1. The third kappa shape index (κ3) is 5.40. The number of piperidine rings is 1. The van der Waals surface area contributed by atoms with Gasteiger partial charge in [0, 0.05) is 36.4 Å². The van der Waals surface area contributed by atoms with E-state index in [1.165, 1.54) is 0 Å². The zero-order chi connectivity index (χ0) is 22.7. The molecule has 1 aliphatic rings. The minimum atomic E-state index is -4.40. The molecule has 0 aliphatic carbocycles. The fourth-order valence-corrected chi connectivity index (χ4v) is 4.01. The summed E-state index contributed by atoms with van der Waals surface area (Å²) in [6.07, 6.45) is -0.934. The summed E-state index contributed by atoms with van der Waals surface area (Å²) < 4.78 is 45.1. The summed E-state index contributed by atoms with van der Waals surface area (Å²) in [5.74, 6) is 0.828. The Kier molecular flexibility index (Phi) is 6.37. The molecule has 4 rings (SSSR count). The van der Waals surface area contributed by atoms with Crippen LogP contribution in [-0.2, 0) is 6.18 Å². The molecule has 4 nitrogen and oxygen atoms in total. The molecule has 0 radical (unpaired) electrons. The van der Waals surface area contributed by atoms with Crippen molar-refractivity contribution in [1.29, 1.82) is 0 Å². The van der Waals surface area contributed by atoms with Crippen LogP contribution >= 0.6 is 0 Å². The van der Waals surface area contributed by atoms with Crippen LogP contribution in [0.25, 0.3) is 17.0 Å². The molecule has 0 atom stereocenters. The largest absolute Gasteiger partial charge is 0.492 e. The van der Waals surface area contributed by atoms with Crippen LogP contribution in [0.4, 0.5) is 18.9 Å². The number of alkyl halides is 3. The highest BCUT2D eigenvalue weighted by Gasteiger charge is 2.31. The van der Waals surface area contributed by atoms with Gasteiger partial charge in [-0.3, -0.25) is 9.88 Å². The number of likely N-dealkylation sites (tertiary alicyclic amines) is 1. The summed E-state index contributed by atoms with van der Waals surface area (Å²) in [6.45, 7) is 5.02. The van der Waals surface area contributed by atoms with Crippen molar-refractivity contribution in [3.63, 3.8) is 0 Å². The molecular weight excluding hydrogens is 415 g/mol. The summed E-state index contributed by atoms with van der Waals surface area (Å²) in [7, 11) is 0. The topological polar surface area (TPSA) is 51.4 Å². The number of halogens is 3. The summed E-state index contributed by atoms with van der Waals surface area (Å²) in [6, 6.07) is 13.6. The highest BCUT2D eigenvalue weighted by atomic mass is 19.4. The van der Waals surface area contributed by atoms with Gasteiger partial charge in [0.1, 0.15) is 12.4 Å². The van der Waals surface area contributed by atoms with E-state index in [0.717, 1.165) is 72.5 Å². The quantitative estimate of drug-likeness (QED) is 0.516. The van der Waals surface area contributed by atoms with Crippen molar-refractivity contribution in [1.82, 2.24) is 9.88 Å². The average Bonchev–Trinajstić information content (AvgIpc) is 2.74. The number of pyridine rings is 1. The molecule has 32 heavy (non-hydrogen) atoms. The Balaban J connectivity index is 1.32. The molecule has 168 valence electrons. The standard InChI is InChI=1S/C25H26F3N3O/c1-17-5-6-22-23(30-17)3-2-4-24(22)32-12-11-31-9-7-18(8-10-31)13-19-14-20(25(26,27)28)16-21(29)15-19/h2-6,13-16H,7-12,29H2,1H3. The first-order valence-corrected chi connectivity index (χ1v) is 10.7. The summed E-state index contributed by atoms with van der Waals surface area (Å²) in [5.41, 5.74) is 8.62. The van der Waals surface area contributed by atoms with Crippen molar-refractivity contribution < 1.29 is 17.9 Å². The Morgan fingerprint density at radius 1 is 1.09 bits per heavy atom. The molecule has 1 fully saturated rings. The van der Waals surface area contributed by atoms with Gasteiger partial charge in [0.25, 0.3) is 0 Å². The maximum absolute atomic E-state index is 13.0. The van der Waals surface area contributed by atoms with Gasteiger partial charge in [0.2, 0.25) is 0 Å². The number of benzene rings is 2. The van der Waals surface area contributed by atoms with Gasteiger partial charge in [0.05, 0.1) is 11.1 Å². The Hall–Kier alpha value is -3.06. The first kappa shape index (κ1) is 22.1. The van der Waals surface area contributed by atoms with Crippen LogP contribution in [0.1, 0.15) is 29.7 Å². The number of nitrogens with two attached hydrogens (primary N) is 1. The van der Waals surface area contributed by atoms with Gasteiger partial charge in [0.15, 0.2) is 0 Å². The molecule has 2 aromatic carbocycles. The Bertz CT molecular complexity index is 1130. The second-order valence-corrected chi connectivity index (χ2v) is 8.15. The minimum absolute atomic E-state index is 0.125. The molecular formula is C25H26F3N3O. The van der Waals surface area contributed by atoms with E-state index < -0.39 is 11.7 Å². The Morgan fingerprint density at radius 3 is 2.62 bits per heavy atom. The number of nitrogens with zero attached hydrogens (tertiary/aromatic N) is 2. The van der Waals surface area contributed by atoms with Crippen molar-refractivity contribution >= 4 is 22.7 Å². The Morgan fingerprint density at radius 2 is 1.88 bits per heavy atom. The fourth-order valence-electron chi connectivity index (χ4n) is 4.01. The molecule has 0 unspecified atom stereocenters. The van der Waals surface area contributed by atoms with Gasteiger partial charge >= 0.3 is 6.18 Å². The smallest absolute Gasteiger partial charge is 0.416 e. The summed E-state index contributed by atoms with van der Waals surface area (Å²) in [4.78, 5) is 6.85. The van der Waals surface area contributed by atoms with Crippen molar-refractivity contribution in [2.45, 2.75) is 25.9 Å². The number of aromatic nitrogens is 1. The van der Waals surface area contributed by atoms with Crippen molar-refractivity contribution in [2.75, 3.05) is 32.0 Å². The summed E-state index contributed by atoms with van der Waals surface area (Å²) in [5, 5.41) is 1.00. The number of hydrogen-bond donors (Lipinski definition) is 1. The molecule has 1 saturated heterocycles. The molecule has 3 aromatic rings. The van der Waals surface area contributed by atoms with Crippen molar-refractivity contribution in [2.24, 2.45) is 0 Å². The summed E-state index contributed by atoms with van der Waals surface area (Å²) >= 11 is 0. The van der Waals surface area contributed by atoms with E-state index in [1.807, 2.05) is 43.3 Å². The van der Waals surface area contributed by atoms with Crippen molar-refractivity contribution in [3.8, 4) is 5.75 Å². The van der Waals surface area contributed by atoms with Crippen LogP contribution in [0.15, 0.2) is 54.1 Å². The van der Waals surface area contributed by atoms with Crippen LogP contribution in [0, 0.1) is 6.92 Å². The van der Waals surface area contributed by atoms with Gasteiger partial charge in [-0.15, -0.1) is 0 Å². The first-order valence-electron chi connectivity index (χ1n) is 10.7. The van der Waals surface area contributed by atoms with Gasteiger partial charge < -0.3 is 10.5 Å². The van der Waals surface area contributed by atoms with Crippen molar-refractivity contribution in [3.05, 3.63) is 70.9 Å². The monoisotopic (exact) mass is 441 g/mol. The molecule has 0 saturated carbocycles. The number of ether oxygens (including phenoxy) is 1. The number of nitrogen functional groups attached to an aromatic ring is 1. The van der Waals surface area contributed by atoms with Gasteiger partial charge in [-0.25, -0.2) is 0 Å². The molecule has 7 heteroatoms. The normalized spacial score (nSPS) is 15.2. The molecule has 0 spiro atoms. The lowest BCUT2D eigenvalue weighted by Gasteiger charge is -2.28. The lowest BCUT2D eigenvalue weighted by atomic mass is 9.99. The zero-order valence-corrected chi connectivity index (χ0v) is 18.0. The van der Waals surface area contributed by atoms with E-state index in [2.05, 4.69) is 9.88 Å². The lowest BCUT2D eigenvalue weighted by Crippen LogP contribution is -2.34. The maximum Gasteiger partial charge on any atom is 0.416 e. The number of aryl methyl sites for hydroxylation is 1. The molecule has 2 heterocycles. The number of hydrogen-bond acceptors (Lipinski definition) is 4. The zero-order valence-electron chi connectivity index (χ0n) is 18.0. The van der Waals surface area contributed by atoms with Crippen LogP contribution < -0.4 is 10.5 Å². The molecule has 0 bridgehead atoms. The predicted molar refractivity (Wildman–Crippen MR) is 121 cm³/mol. The highest BCUT2D eigenvalue weighted by Crippen LogP contribution is 2.32. The third-order valence-corrected chi connectivity index (χ3v) is 5.67. The second kappa shape index (κ2) is 9.20. The Labute approximate surface area is 185 Å². The minimum Gasteiger partial charge on any atom is -0.492 e. The average molecular weight is 441 g/mol. The van der Waals surface area contributed by atoms with Gasteiger partial charge in [-0.05, 0) is 67.8 Å². The van der Waals surface area contributed by atoms with E-state index in [4.69, 9.17) is 10.5 Å². The molecule has 2 N–H and O–H groups in total. The van der Waals surface area contributed by atoms with E-state index in [9.17, 15) is 13.2 Å². The maximum atomic E-state index is 13.0. The lowest BCUT2D eigenvalue weighted by molar-refractivity contribution is -0.137. The second-order valence-electron chi connectivity index (χ2n) is 8.15. The fraction of sp³-hybridized carbons (Fsp3) is 0.320. The number of rotatable bonds is 5. The van der Waals surface area contributed by atoms with Crippen LogP contribution in [0.2, 0.25) is 0 Å². The molecule has 1 aliphatic heterocycles. The van der Waals surface area contributed by atoms with E-state index in [-0.39, 0.29) is 5.69 Å². The van der Waals surface area contributed by atoms with Gasteiger partial charge in [-0.1, -0.05) is 17.7 Å². The van der Waals surface area contributed by atoms with E-state index in [1.54, 1.807) is 6.07 Å².